The molecule has 1 aromatic rings. The molecular formula is C18H20N2O8. The highest BCUT2D eigenvalue weighted by atomic mass is 16.6. The Labute approximate surface area is 160 Å². The fourth-order valence-corrected chi connectivity index (χ4v) is 3.12. The molecule has 10 nitrogen and oxygen atoms in total. The summed E-state index contributed by atoms with van der Waals surface area (Å²) in [6, 6.07) is 6.79. The first-order valence-electron chi connectivity index (χ1n) is 8.69. The number of esters is 1. The van der Waals surface area contributed by atoms with Gasteiger partial charge in [0, 0.05) is 31.4 Å². The lowest BCUT2D eigenvalue weighted by molar-refractivity contribution is -0.177. The second kappa shape index (κ2) is 8.36. The first-order chi connectivity index (χ1) is 13.4. The number of carbonyl (C=O) groups is 4. The Morgan fingerprint density at radius 2 is 1.86 bits per heavy atom. The van der Waals surface area contributed by atoms with Crippen molar-refractivity contribution < 1.29 is 38.5 Å². The van der Waals surface area contributed by atoms with E-state index in [1.54, 1.807) is 29.2 Å². The Balaban J connectivity index is 1.84. The molecule has 1 aromatic carbocycles. The molecule has 2 heterocycles. The number of carboxylic acid groups (broad SMARTS) is 1. The standard InChI is InChI=1S/C18H20N2O8/c1-11(21)28-16(18(24)25)15-17(23)20(6-8-27-15)13-4-2-3-12(9-13)19-5-7-26-10-14(19)22/h2-4,9,15-16H,5-8,10H2,1H3,(H,24,25)/t15-,16-/m1/s1. The second-order valence-corrected chi connectivity index (χ2v) is 6.27. The Hall–Kier alpha value is -2.98. The van der Waals surface area contributed by atoms with Gasteiger partial charge in [-0.05, 0) is 18.2 Å². The van der Waals surface area contributed by atoms with Crippen LogP contribution in [-0.4, -0.2) is 74.0 Å². The molecule has 2 atom stereocenters. The summed E-state index contributed by atoms with van der Waals surface area (Å²) < 4.78 is 15.2. The van der Waals surface area contributed by atoms with Crippen molar-refractivity contribution in [3.63, 3.8) is 0 Å². The second-order valence-electron chi connectivity index (χ2n) is 6.27. The van der Waals surface area contributed by atoms with Gasteiger partial charge in [-0.25, -0.2) is 4.79 Å². The molecule has 28 heavy (non-hydrogen) atoms. The van der Waals surface area contributed by atoms with Gasteiger partial charge < -0.3 is 29.1 Å². The predicted octanol–water partition coefficient (Wildman–Crippen LogP) is -0.202. The average Bonchev–Trinajstić information content (AvgIpc) is 2.67. The van der Waals surface area contributed by atoms with Gasteiger partial charge in [-0.15, -0.1) is 0 Å². The van der Waals surface area contributed by atoms with Crippen molar-refractivity contribution in [1.29, 1.82) is 0 Å². The number of rotatable bonds is 5. The Morgan fingerprint density at radius 1 is 1.18 bits per heavy atom. The zero-order chi connectivity index (χ0) is 20.3. The van der Waals surface area contributed by atoms with Crippen LogP contribution in [0.4, 0.5) is 11.4 Å². The number of hydrogen-bond acceptors (Lipinski definition) is 7. The van der Waals surface area contributed by atoms with Gasteiger partial charge in [-0.1, -0.05) is 6.07 Å². The lowest BCUT2D eigenvalue weighted by atomic mass is 10.1. The Kier molecular flexibility index (Phi) is 5.90. The summed E-state index contributed by atoms with van der Waals surface area (Å²) in [6.07, 6.45) is -3.19. The summed E-state index contributed by atoms with van der Waals surface area (Å²) in [6.45, 7) is 2.13. The lowest BCUT2D eigenvalue weighted by Gasteiger charge is -2.35. The number of anilines is 2. The fraction of sp³-hybridized carbons (Fsp3) is 0.444. The molecule has 2 aliphatic rings. The van der Waals surface area contributed by atoms with Crippen molar-refractivity contribution >= 4 is 35.1 Å². The van der Waals surface area contributed by atoms with Crippen LogP contribution in [0.25, 0.3) is 0 Å². The minimum absolute atomic E-state index is 0.00847. The van der Waals surface area contributed by atoms with Gasteiger partial charge in [0.1, 0.15) is 6.61 Å². The number of nitrogens with zero attached hydrogens (tertiary/aromatic N) is 2. The summed E-state index contributed by atoms with van der Waals surface area (Å²) in [4.78, 5) is 50.5. The van der Waals surface area contributed by atoms with E-state index in [4.69, 9.17) is 14.2 Å². The molecule has 0 radical (unpaired) electrons. The molecule has 0 bridgehead atoms. The van der Waals surface area contributed by atoms with Crippen LogP contribution in [0.2, 0.25) is 0 Å². The van der Waals surface area contributed by atoms with Gasteiger partial charge in [0.15, 0.2) is 6.10 Å². The molecule has 10 heteroatoms. The topological polar surface area (TPSA) is 123 Å². The van der Waals surface area contributed by atoms with Crippen molar-refractivity contribution in [2.24, 2.45) is 0 Å². The van der Waals surface area contributed by atoms with Gasteiger partial charge in [-0.3, -0.25) is 14.4 Å². The Bertz CT molecular complexity index is 796. The Morgan fingerprint density at radius 3 is 2.50 bits per heavy atom. The van der Waals surface area contributed by atoms with Crippen LogP contribution < -0.4 is 9.80 Å². The fourth-order valence-electron chi connectivity index (χ4n) is 3.12. The van der Waals surface area contributed by atoms with Crippen molar-refractivity contribution in [2.45, 2.75) is 19.1 Å². The molecule has 3 rings (SSSR count). The highest BCUT2D eigenvalue weighted by Crippen LogP contribution is 2.27. The number of benzene rings is 1. The van der Waals surface area contributed by atoms with Gasteiger partial charge in [0.05, 0.1) is 13.2 Å². The number of aliphatic carboxylic acids is 1. The first kappa shape index (κ1) is 19.8. The third kappa shape index (κ3) is 4.12. The minimum atomic E-state index is -1.74. The lowest BCUT2D eigenvalue weighted by Crippen LogP contribution is -2.55. The number of morpholine rings is 2. The molecule has 2 saturated heterocycles. The van der Waals surface area contributed by atoms with Gasteiger partial charge in [-0.2, -0.15) is 0 Å². The molecule has 0 saturated carbocycles. The third-order valence-corrected chi connectivity index (χ3v) is 4.37. The summed E-state index contributed by atoms with van der Waals surface area (Å²) in [5.41, 5.74) is 1.10. The summed E-state index contributed by atoms with van der Waals surface area (Å²) in [7, 11) is 0. The monoisotopic (exact) mass is 392 g/mol. The number of amides is 2. The summed E-state index contributed by atoms with van der Waals surface area (Å²) >= 11 is 0. The molecule has 0 aliphatic carbocycles. The van der Waals surface area contributed by atoms with Crippen LogP contribution in [0, 0.1) is 0 Å². The number of hydrogen-bond donors (Lipinski definition) is 1. The van der Waals surface area contributed by atoms with Crippen LogP contribution >= 0.6 is 0 Å². The summed E-state index contributed by atoms with van der Waals surface area (Å²) in [5, 5.41) is 9.31. The third-order valence-electron chi connectivity index (χ3n) is 4.37. The maximum atomic E-state index is 12.9. The molecule has 0 aromatic heterocycles. The highest BCUT2D eigenvalue weighted by Gasteiger charge is 2.42. The van der Waals surface area contributed by atoms with E-state index in [1.807, 2.05) is 0 Å². The molecule has 0 unspecified atom stereocenters. The smallest absolute Gasteiger partial charge is 0.348 e. The van der Waals surface area contributed by atoms with Gasteiger partial charge in [0.2, 0.25) is 6.10 Å². The number of carbonyl (C=O) groups excluding carboxylic acids is 3. The van der Waals surface area contributed by atoms with Crippen LogP contribution in [0.1, 0.15) is 6.92 Å². The van der Waals surface area contributed by atoms with Crippen LogP contribution in [-0.2, 0) is 33.4 Å². The first-order valence-corrected chi connectivity index (χ1v) is 8.69. The van der Waals surface area contributed by atoms with E-state index in [1.165, 1.54) is 4.90 Å². The van der Waals surface area contributed by atoms with Crippen molar-refractivity contribution in [2.75, 3.05) is 42.7 Å². The van der Waals surface area contributed by atoms with Gasteiger partial charge in [0.25, 0.3) is 11.8 Å². The van der Waals surface area contributed by atoms with Gasteiger partial charge >= 0.3 is 11.9 Å². The number of carboxylic acids is 1. The van der Waals surface area contributed by atoms with Crippen molar-refractivity contribution in [3.05, 3.63) is 24.3 Å². The maximum absolute atomic E-state index is 12.9. The van der Waals surface area contributed by atoms with Crippen LogP contribution in [0.5, 0.6) is 0 Å². The average molecular weight is 392 g/mol. The molecule has 0 spiro atoms. The van der Waals surface area contributed by atoms with E-state index < -0.39 is 30.1 Å². The van der Waals surface area contributed by atoms with E-state index in [0.29, 0.717) is 24.5 Å². The normalized spacial score (nSPS) is 21.4. The van der Waals surface area contributed by atoms with E-state index in [-0.39, 0.29) is 25.7 Å². The quantitative estimate of drug-likeness (QED) is 0.684. The predicted molar refractivity (Wildman–Crippen MR) is 94.9 cm³/mol. The molecule has 1 N–H and O–H groups in total. The summed E-state index contributed by atoms with van der Waals surface area (Å²) in [5.74, 6) is -3.11. The van der Waals surface area contributed by atoms with E-state index in [2.05, 4.69) is 0 Å². The van der Waals surface area contributed by atoms with E-state index >= 15 is 0 Å². The minimum Gasteiger partial charge on any atom is -0.478 e. The largest absolute Gasteiger partial charge is 0.478 e. The van der Waals surface area contributed by atoms with Crippen molar-refractivity contribution in [3.8, 4) is 0 Å². The number of ether oxygens (including phenoxy) is 3. The van der Waals surface area contributed by atoms with E-state index in [0.717, 1.165) is 6.92 Å². The molecule has 150 valence electrons. The highest BCUT2D eigenvalue weighted by molar-refractivity contribution is 6.01. The zero-order valence-electron chi connectivity index (χ0n) is 15.2. The molecule has 2 fully saturated rings. The van der Waals surface area contributed by atoms with E-state index in [9.17, 15) is 24.3 Å². The zero-order valence-corrected chi connectivity index (χ0v) is 15.2. The maximum Gasteiger partial charge on any atom is 0.348 e. The molecule has 2 aliphatic heterocycles. The van der Waals surface area contributed by atoms with Crippen LogP contribution in [0.15, 0.2) is 24.3 Å². The molecule has 2 amide bonds. The SMILES string of the molecule is CC(=O)O[C@@H](C(=O)O)[C@H]1OCCN(c2cccc(N3CCOCC3=O)c2)C1=O. The molecular weight excluding hydrogens is 372 g/mol. The van der Waals surface area contributed by atoms with Crippen LogP contribution in [0.3, 0.4) is 0 Å². The van der Waals surface area contributed by atoms with Crippen molar-refractivity contribution in [1.82, 2.24) is 0 Å².